The predicted molar refractivity (Wildman–Crippen MR) is 29.9 cm³/mol. The zero-order chi connectivity index (χ0) is 6.85. The fourth-order valence-electron chi connectivity index (χ4n) is 0.526. The Bertz CT molecular complexity index is 198. The molecule has 0 saturated heterocycles. The van der Waals surface area contributed by atoms with E-state index in [4.69, 9.17) is 0 Å². The van der Waals surface area contributed by atoms with Crippen LogP contribution in [0.2, 0.25) is 0 Å². The summed E-state index contributed by atoms with van der Waals surface area (Å²) < 4.78 is 24.6. The van der Waals surface area contributed by atoms with Gasteiger partial charge in [0.15, 0.2) is 0 Å². The normalized spacial score (nSPS) is 9.67. The van der Waals surface area contributed by atoms with Crippen LogP contribution >= 0.6 is 0 Å². The van der Waals surface area contributed by atoms with E-state index in [2.05, 4.69) is 6.07 Å². The number of benzene rings is 1. The molecule has 0 atom stereocenters. The van der Waals surface area contributed by atoms with Crippen LogP contribution in [0, 0.1) is 24.6 Å². The SMILES string of the molecule is Cc1c(F)[c]ccc1F. The first-order chi connectivity index (χ1) is 4.22. The van der Waals surface area contributed by atoms with E-state index in [1.54, 1.807) is 0 Å². The lowest BCUT2D eigenvalue weighted by Gasteiger charge is -1.93. The standard InChI is InChI=1S/C7H5F2/c1-5-6(8)3-2-4-7(5)9/h2-3H,1H3. The summed E-state index contributed by atoms with van der Waals surface area (Å²) in [5, 5.41) is 0. The van der Waals surface area contributed by atoms with Gasteiger partial charge >= 0.3 is 0 Å². The Morgan fingerprint density at radius 2 is 2.11 bits per heavy atom. The first kappa shape index (κ1) is 6.20. The first-order valence-corrected chi connectivity index (χ1v) is 2.54. The van der Waals surface area contributed by atoms with E-state index in [0.717, 1.165) is 0 Å². The molecule has 0 aliphatic rings. The predicted octanol–water partition coefficient (Wildman–Crippen LogP) is 2.07. The quantitative estimate of drug-likeness (QED) is 0.500. The fraction of sp³-hybridized carbons (Fsp3) is 0.143. The second-order valence-corrected chi connectivity index (χ2v) is 1.76. The average molecular weight is 127 g/mol. The summed E-state index contributed by atoms with van der Waals surface area (Å²) in [7, 11) is 0. The number of halogens is 2. The molecule has 0 spiro atoms. The van der Waals surface area contributed by atoms with Crippen LogP contribution in [-0.2, 0) is 0 Å². The van der Waals surface area contributed by atoms with Crippen LogP contribution in [0.25, 0.3) is 0 Å². The second-order valence-electron chi connectivity index (χ2n) is 1.76. The molecule has 0 bridgehead atoms. The molecule has 1 radical (unpaired) electrons. The largest absolute Gasteiger partial charge is 0.207 e. The van der Waals surface area contributed by atoms with Crippen LogP contribution in [0.3, 0.4) is 0 Å². The van der Waals surface area contributed by atoms with Crippen molar-refractivity contribution in [2.24, 2.45) is 0 Å². The van der Waals surface area contributed by atoms with Crippen molar-refractivity contribution in [1.29, 1.82) is 0 Å². The molecule has 0 amide bonds. The van der Waals surface area contributed by atoms with Crippen molar-refractivity contribution in [3.05, 3.63) is 35.4 Å². The molecule has 0 saturated carbocycles. The molecule has 47 valence electrons. The maximum atomic E-state index is 12.3. The highest BCUT2D eigenvalue weighted by atomic mass is 19.1. The molecule has 9 heavy (non-hydrogen) atoms. The van der Waals surface area contributed by atoms with E-state index in [1.807, 2.05) is 0 Å². The molecular formula is C7H5F2. The first-order valence-electron chi connectivity index (χ1n) is 2.54. The van der Waals surface area contributed by atoms with Gasteiger partial charge in [-0.05, 0) is 19.1 Å². The molecule has 0 nitrogen and oxygen atoms in total. The van der Waals surface area contributed by atoms with Gasteiger partial charge in [-0.25, -0.2) is 8.78 Å². The van der Waals surface area contributed by atoms with Crippen LogP contribution in [0.5, 0.6) is 0 Å². The van der Waals surface area contributed by atoms with Crippen molar-refractivity contribution in [3.8, 4) is 0 Å². The van der Waals surface area contributed by atoms with E-state index in [0.29, 0.717) is 0 Å². The van der Waals surface area contributed by atoms with E-state index in [1.165, 1.54) is 19.1 Å². The van der Waals surface area contributed by atoms with Gasteiger partial charge in [-0.3, -0.25) is 0 Å². The number of rotatable bonds is 0. The van der Waals surface area contributed by atoms with Crippen molar-refractivity contribution in [2.45, 2.75) is 6.92 Å². The van der Waals surface area contributed by atoms with Gasteiger partial charge in [-0.2, -0.15) is 0 Å². The maximum Gasteiger partial charge on any atom is 0.136 e. The molecule has 0 aromatic heterocycles. The second kappa shape index (κ2) is 2.13. The zero-order valence-corrected chi connectivity index (χ0v) is 4.91. The van der Waals surface area contributed by atoms with E-state index in [9.17, 15) is 8.78 Å². The fourth-order valence-corrected chi connectivity index (χ4v) is 0.526. The Labute approximate surface area is 52.1 Å². The van der Waals surface area contributed by atoms with E-state index >= 15 is 0 Å². The summed E-state index contributed by atoms with van der Waals surface area (Å²) in [4.78, 5) is 0. The Hall–Kier alpha value is -0.920. The maximum absolute atomic E-state index is 12.3. The summed E-state index contributed by atoms with van der Waals surface area (Å²) in [6.45, 7) is 1.38. The third-order valence-corrected chi connectivity index (χ3v) is 1.13. The molecule has 0 N–H and O–H groups in total. The number of hydrogen-bond acceptors (Lipinski definition) is 0. The Morgan fingerprint density at radius 1 is 1.44 bits per heavy atom. The lowest BCUT2D eigenvalue weighted by molar-refractivity contribution is 0.566. The lowest BCUT2D eigenvalue weighted by Crippen LogP contribution is -1.85. The van der Waals surface area contributed by atoms with Gasteiger partial charge in [0.25, 0.3) is 0 Å². The van der Waals surface area contributed by atoms with Gasteiger partial charge in [0.1, 0.15) is 11.6 Å². The van der Waals surface area contributed by atoms with Crippen molar-refractivity contribution < 1.29 is 8.78 Å². The van der Waals surface area contributed by atoms with Crippen LogP contribution < -0.4 is 0 Å². The Kier molecular flexibility index (Phi) is 1.47. The van der Waals surface area contributed by atoms with Crippen molar-refractivity contribution in [3.63, 3.8) is 0 Å². The molecule has 2 heteroatoms. The van der Waals surface area contributed by atoms with Crippen molar-refractivity contribution in [2.75, 3.05) is 0 Å². The highest BCUT2D eigenvalue weighted by molar-refractivity contribution is 5.16. The number of hydrogen-bond donors (Lipinski definition) is 0. The van der Waals surface area contributed by atoms with Crippen molar-refractivity contribution in [1.82, 2.24) is 0 Å². The summed E-state index contributed by atoms with van der Waals surface area (Å²) in [5.41, 5.74) is 0.0255. The smallest absolute Gasteiger partial charge is 0.136 e. The van der Waals surface area contributed by atoms with Crippen LogP contribution in [0.1, 0.15) is 5.56 Å². The van der Waals surface area contributed by atoms with Gasteiger partial charge in [-0.15, -0.1) is 0 Å². The molecule has 0 fully saturated rings. The van der Waals surface area contributed by atoms with E-state index < -0.39 is 11.6 Å². The molecule has 1 rings (SSSR count). The third-order valence-electron chi connectivity index (χ3n) is 1.13. The summed E-state index contributed by atoms with van der Waals surface area (Å²) in [6.07, 6.45) is 0. The third kappa shape index (κ3) is 1.07. The van der Waals surface area contributed by atoms with Gasteiger partial charge < -0.3 is 0 Å². The molecule has 0 unspecified atom stereocenters. The van der Waals surface area contributed by atoms with Crippen LogP contribution in [0.4, 0.5) is 8.78 Å². The molecule has 0 aliphatic carbocycles. The van der Waals surface area contributed by atoms with Gasteiger partial charge in [0, 0.05) is 11.6 Å². The monoisotopic (exact) mass is 127 g/mol. The summed E-state index contributed by atoms with van der Waals surface area (Å²) >= 11 is 0. The van der Waals surface area contributed by atoms with Crippen molar-refractivity contribution >= 4 is 0 Å². The Morgan fingerprint density at radius 3 is 2.56 bits per heavy atom. The minimum Gasteiger partial charge on any atom is -0.207 e. The Balaban J connectivity index is 3.25. The summed E-state index contributed by atoms with van der Waals surface area (Å²) in [5.74, 6) is -1.14. The lowest BCUT2D eigenvalue weighted by atomic mass is 10.2. The van der Waals surface area contributed by atoms with E-state index in [-0.39, 0.29) is 5.56 Å². The van der Waals surface area contributed by atoms with Gasteiger partial charge in [0.05, 0.1) is 0 Å². The molecule has 0 aliphatic heterocycles. The minimum absolute atomic E-state index is 0.0255. The molecule has 1 aromatic rings. The molecule has 0 heterocycles. The van der Waals surface area contributed by atoms with Gasteiger partial charge in [-0.1, -0.05) is 0 Å². The average Bonchev–Trinajstić information content (AvgIpc) is 1.83. The topological polar surface area (TPSA) is 0 Å². The van der Waals surface area contributed by atoms with Crippen LogP contribution in [0.15, 0.2) is 12.1 Å². The van der Waals surface area contributed by atoms with Crippen LogP contribution in [-0.4, -0.2) is 0 Å². The highest BCUT2D eigenvalue weighted by Crippen LogP contribution is 2.08. The minimum atomic E-state index is -0.616. The summed E-state index contributed by atoms with van der Waals surface area (Å²) in [6, 6.07) is 4.63. The zero-order valence-electron chi connectivity index (χ0n) is 4.91. The molecular weight excluding hydrogens is 122 g/mol. The molecule has 1 aromatic carbocycles. The van der Waals surface area contributed by atoms with Gasteiger partial charge in [0.2, 0.25) is 0 Å². The highest BCUT2D eigenvalue weighted by Gasteiger charge is 1.99.